The largest absolute Gasteiger partial charge is 0.443 e. The fraction of sp³-hybridized carbons (Fsp3) is 0.818. The molecule has 0 unspecified atom stereocenters. The van der Waals surface area contributed by atoms with E-state index in [0.29, 0.717) is 0 Å². The zero-order valence-corrected chi connectivity index (χ0v) is 10.7. The van der Waals surface area contributed by atoms with Crippen LogP contribution in [0.1, 0.15) is 34.6 Å². The molecule has 2 N–H and O–H groups in total. The molecule has 0 aliphatic carbocycles. The summed E-state index contributed by atoms with van der Waals surface area (Å²) in [6.07, 6.45) is -0.628. The lowest BCUT2D eigenvalue weighted by Crippen LogP contribution is -2.45. The Bertz CT molecular complexity index is 256. The van der Waals surface area contributed by atoms with Crippen LogP contribution >= 0.6 is 0 Å². The molecule has 5 heteroatoms. The third-order valence-electron chi connectivity index (χ3n) is 1.73. The maximum atomic E-state index is 11.7. The number of imide groups is 1. The summed E-state index contributed by atoms with van der Waals surface area (Å²) in [5.74, 6) is -0.515. The molecule has 94 valence electrons. The van der Waals surface area contributed by atoms with Crippen LogP contribution in [0.5, 0.6) is 0 Å². The Morgan fingerprint density at radius 2 is 1.81 bits per heavy atom. The van der Waals surface area contributed by atoms with Gasteiger partial charge in [0.25, 0.3) is 0 Å². The number of ether oxygens (including phenoxy) is 1. The predicted molar refractivity (Wildman–Crippen MR) is 61.8 cm³/mol. The minimum absolute atomic E-state index is 0.186. The SMILES string of the molecule is CC(C)C(=O)N(CCN)C(=O)OC(C)(C)C. The van der Waals surface area contributed by atoms with Gasteiger partial charge in [-0.05, 0) is 20.8 Å². The van der Waals surface area contributed by atoms with Gasteiger partial charge in [0.1, 0.15) is 5.60 Å². The molecule has 0 heterocycles. The van der Waals surface area contributed by atoms with Crippen molar-refractivity contribution in [3.63, 3.8) is 0 Å². The van der Waals surface area contributed by atoms with E-state index in [1.54, 1.807) is 34.6 Å². The van der Waals surface area contributed by atoms with Gasteiger partial charge in [-0.15, -0.1) is 0 Å². The van der Waals surface area contributed by atoms with Crippen molar-refractivity contribution in [2.75, 3.05) is 13.1 Å². The first-order valence-corrected chi connectivity index (χ1v) is 5.43. The highest BCUT2D eigenvalue weighted by Crippen LogP contribution is 2.11. The second-order valence-corrected chi connectivity index (χ2v) is 4.91. The molecule has 0 saturated heterocycles. The lowest BCUT2D eigenvalue weighted by atomic mass is 10.2. The summed E-state index contributed by atoms with van der Waals surface area (Å²) >= 11 is 0. The first-order valence-electron chi connectivity index (χ1n) is 5.43. The third kappa shape index (κ3) is 5.11. The molecule has 0 aliphatic heterocycles. The highest BCUT2D eigenvalue weighted by molar-refractivity contribution is 5.93. The summed E-state index contributed by atoms with van der Waals surface area (Å²) in [7, 11) is 0. The minimum atomic E-state index is -0.628. The van der Waals surface area contributed by atoms with Gasteiger partial charge < -0.3 is 10.5 Å². The minimum Gasteiger partial charge on any atom is -0.443 e. The van der Waals surface area contributed by atoms with E-state index in [9.17, 15) is 9.59 Å². The van der Waals surface area contributed by atoms with Gasteiger partial charge in [0.15, 0.2) is 0 Å². The molecule has 0 fully saturated rings. The van der Waals surface area contributed by atoms with E-state index in [0.717, 1.165) is 4.90 Å². The molecule has 16 heavy (non-hydrogen) atoms. The molecular formula is C11H22N2O3. The molecule has 0 aromatic heterocycles. The Morgan fingerprint density at radius 1 is 1.31 bits per heavy atom. The zero-order chi connectivity index (χ0) is 12.9. The fourth-order valence-corrected chi connectivity index (χ4v) is 1.05. The summed E-state index contributed by atoms with van der Waals surface area (Å²) in [4.78, 5) is 24.5. The van der Waals surface area contributed by atoms with Crippen molar-refractivity contribution in [2.24, 2.45) is 11.7 Å². The van der Waals surface area contributed by atoms with Crippen molar-refractivity contribution < 1.29 is 14.3 Å². The van der Waals surface area contributed by atoms with Crippen LogP contribution in [0.2, 0.25) is 0 Å². The maximum Gasteiger partial charge on any atom is 0.417 e. The van der Waals surface area contributed by atoms with Gasteiger partial charge in [-0.25, -0.2) is 9.69 Å². The highest BCUT2D eigenvalue weighted by atomic mass is 16.6. The molecule has 0 aromatic carbocycles. The van der Waals surface area contributed by atoms with Crippen LogP contribution < -0.4 is 5.73 Å². The van der Waals surface area contributed by atoms with Crippen LogP contribution in [-0.4, -0.2) is 35.6 Å². The normalized spacial score (nSPS) is 11.4. The van der Waals surface area contributed by atoms with Crippen molar-refractivity contribution in [3.8, 4) is 0 Å². The Kier molecular flexibility index (Phi) is 5.44. The second-order valence-electron chi connectivity index (χ2n) is 4.91. The van der Waals surface area contributed by atoms with Gasteiger partial charge in [-0.2, -0.15) is 0 Å². The average Bonchev–Trinajstić information content (AvgIpc) is 2.09. The molecule has 0 aliphatic rings. The van der Waals surface area contributed by atoms with Crippen molar-refractivity contribution in [1.29, 1.82) is 0 Å². The number of nitrogens with two attached hydrogens (primary N) is 1. The number of hydrogen-bond donors (Lipinski definition) is 1. The topological polar surface area (TPSA) is 72.6 Å². The molecule has 0 rings (SSSR count). The predicted octanol–water partition coefficient (Wildman–Crippen LogP) is 1.36. The lowest BCUT2D eigenvalue weighted by molar-refractivity contribution is -0.133. The lowest BCUT2D eigenvalue weighted by Gasteiger charge is -2.26. The summed E-state index contributed by atoms with van der Waals surface area (Å²) in [6.45, 7) is 9.15. The van der Waals surface area contributed by atoms with Crippen LogP contribution in [0, 0.1) is 5.92 Å². The molecule has 0 spiro atoms. The van der Waals surface area contributed by atoms with Gasteiger partial charge in [0.05, 0.1) is 0 Å². The molecular weight excluding hydrogens is 208 g/mol. The van der Waals surface area contributed by atoms with Gasteiger partial charge >= 0.3 is 6.09 Å². The molecule has 0 saturated carbocycles. The van der Waals surface area contributed by atoms with E-state index in [1.165, 1.54) is 0 Å². The zero-order valence-electron chi connectivity index (χ0n) is 10.7. The Balaban J connectivity index is 4.66. The second kappa shape index (κ2) is 5.84. The molecule has 0 bridgehead atoms. The Labute approximate surface area is 96.9 Å². The molecule has 0 radical (unpaired) electrons. The number of hydrogen-bond acceptors (Lipinski definition) is 4. The van der Waals surface area contributed by atoms with E-state index < -0.39 is 11.7 Å². The first-order chi connectivity index (χ1) is 7.19. The van der Waals surface area contributed by atoms with Crippen molar-refractivity contribution in [3.05, 3.63) is 0 Å². The summed E-state index contributed by atoms with van der Waals surface area (Å²) in [5.41, 5.74) is 4.76. The quantitative estimate of drug-likeness (QED) is 0.794. The standard InChI is InChI=1S/C11H22N2O3/c1-8(2)9(14)13(7-6-12)10(15)16-11(3,4)5/h8H,6-7,12H2,1-5H3. The number of nitrogens with zero attached hydrogens (tertiary/aromatic N) is 1. The summed E-state index contributed by atoms with van der Waals surface area (Å²) < 4.78 is 5.13. The number of carbonyl (C=O) groups excluding carboxylic acids is 2. The van der Waals surface area contributed by atoms with Gasteiger partial charge in [-0.1, -0.05) is 13.8 Å². The van der Waals surface area contributed by atoms with Gasteiger partial charge in [-0.3, -0.25) is 4.79 Å². The molecule has 5 nitrogen and oxygen atoms in total. The van der Waals surface area contributed by atoms with Crippen LogP contribution in [0.15, 0.2) is 0 Å². The Morgan fingerprint density at radius 3 is 2.12 bits per heavy atom. The van der Waals surface area contributed by atoms with Gasteiger partial charge in [0.2, 0.25) is 5.91 Å². The van der Waals surface area contributed by atoms with E-state index >= 15 is 0 Å². The van der Waals surface area contributed by atoms with Crippen molar-refractivity contribution >= 4 is 12.0 Å². The van der Waals surface area contributed by atoms with Gasteiger partial charge in [0, 0.05) is 19.0 Å². The van der Waals surface area contributed by atoms with Crippen LogP contribution in [-0.2, 0) is 9.53 Å². The van der Waals surface area contributed by atoms with E-state index in [4.69, 9.17) is 10.5 Å². The first kappa shape index (κ1) is 14.9. The Hall–Kier alpha value is -1.10. The monoisotopic (exact) mass is 230 g/mol. The van der Waals surface area contributed by atoms with Crippen molar-refractivity contribution in [1.82, 2.24) is 4.90 Å². The number of carbonyl (C=O) groups is 2. The maximum absolute atomic E-state index is 11.7. The van der Waals surface area contributed by atoms with Crippen LogP contribution in [0.3, 0.4) is 0 Å². The highest BCUT2D eigenvalue weighted by Gasteiger charge is 2.27. The number of rotatable bonds is 3. The summed E-state index contributed by atoms with van der Waals surface area (Å²) in [6, 6.07) is 0. The number of amides is 2. The molecule has 0 aromatic rings. The summed E-state index contributed by atoms with van der Waals surface area (Å²) in [5, 5.41) is 0. The van der Waals surface area contributed by atoms with Crippen LogP contribution in [0.25, 0.3) is 0 Å². The molecule has 0 atom stereocenters. The third-order valence-corrected chi connectivity index (χ3v) is 1.73. The molecule has 2 amide bonds. The average molecular weight is 230 g/mol. The van der Waals surface area contributed by atoms with E-state index in [2.05, 4.69) is 0 Å². The van der Waals surface area contributed by atoms with E-state index in [-0.39, 0.29) is 24.9 Å². The van der Waals surface area contributed by atoms with Crippen molar-refractivity contribution in [2.45, 2.75) is 40.2 Å². The van der Waals surface area contributed by atoms with Crippen LogP contribution in [0.4, 0.5) is 4.79 Å². The van der Waals surface area contributed by atoms with E-state index in [1.807, 2.05) is 0 Å². The smallest absolute Gasteiger partial charge is 0.417 e. The fourth-order valence-electron chi connectivity index (χ4n) is 1.05.